The smallest absolute Gasteiger partial charge is 0.269 e. The molecule has 0 bridgehead atoms. The van der Waals surface area contributed by atoms with Crippen LogP contribution in [0.3, 0.4) is 0 Å². The third kappa shape index (κ3) is 57.6. The lowest BCUT2D eigenvalue weighted by atomic mass is 19.0. The van der Waals surface area contributed by atoms with E-state index in [1.54, 1.807) is 0 Å². The first-order valence-corrected chi connectivity index (χ1v) is 6.80. The van der Waals surface area contributed by atoms with Gasteiger partial charge in [-0.3, -0.25) is 4.70 Å². The van der Waals surface area contributed by atoms with E-state index in [-0.39, 0.29) is 4.70 Å². The highest BCUT2D eigenvalue weighted by Crippen LogP contribution is 2.23. The summed E-state index contributed by atoms with van der Waals surface area (Å²) in [5, 5.41) is -2.72. The van der Waals surface area contributed by atoms with Crippen LogP contribution >= 0.6 is 44.3 Å². The number of rotatable bonds is 0. The van der Waals surface area contributed by atoms with Crippen molar-refractivity contribution < 1.29 is 4.70 Å². The molecule has 0 aliphatic heterocycles. The Morgan fingerprint density at radius 1 is 0.833 bits per heavy atom. The zero-order valence-corrected chi connectivity index (χ0v) is 6.44. The molecule has 0 nitrogen and oxygen atoms in total. The average Bonchev–Trinajstić information content (AvgIpc) is 0.722. The minimum absolute atomic E-state index is 0. The van der Waals surface area contributed by atoms with Crippen molar-refractivity contribution in [3.05, 3.63) is 0 Å². The minimum Gasteiger partial charge on any atom is -0.269 e. The fraction of sp³-hybridized carbons (Fsp3) is 0. The number of halogens is 5. The Morgan fingerprint density at radius 2 is 0.833 bits per heavy atom. The van der Waals surface area contributed by atoms with Crippen molar-refractivity contribution in [3.63, 3.8) is 0 Å². The van der Waals surface area contributed by atoms with E-state index in [9.17, 15) is 0 Å². The number of hydrogen-bond acceptors (Lipinski definition) is 0. The predicted molar refractivity (Wildman–Crippen MR) is 31.7 cm³/mol. The number of hydrogen-bond donors (Lipinski definition) is 0. The molecular formula is HCl4FSi. The van der Waals surface area contributed by atoms with Crippen molar-refractivity contribution in [2.75, 3.05) is 0 Å². The standard InChI is InChI=1S/Cl4Si.FH/c1-5(2,3)4;/h;1H. The molecule has 0 amide bonds. The van der Waals surface area contributed by atoms with Gasteiger partial charge in [-0.15, -0.1) is 44.3 Å². The van der Waals surface area contributed by atoms with Crippen molar-refractivity contribution in [2.45, 2.75) is 0 Å². The maximum atomic E-state index is 4.97. The molecule has 0 aliphatic carbocycles. The van der Waals surface area contributed by atoms with Gasteiger partial charge < -0.3 is 0 Å². The quantitative estimate of drug-likeness (QED) is 0.406. The van der Waals surface area contributed by atoms with Gasteiger partial charge in [0.15, 0.2) is 0 Å². The van der Waals surface area contributed by atoms with Gasteiger partial charge in [-0.1, -0.05) is 0 Å². The first-order valence-electron chi connectivity index (χ1n) is 0.756. The van der Waals surface area contributed by atoms with Crippen LogP contribution in [0.4, 0.5) is 4.70 Å². The van der Waals surface area contributed by atoms with Crippen LogP contribution in [-0.2, 0) is 0 Å². The second-order valence-corrected chi connectivity index (χ2v) is 11.6. The van der Waals surface area contributed by atoms with Crippen LogP contribution in [0.5, 0.6) is 0 Å². The van der Waals surface area contributed by atoms with Crippen LogP contribution in [0, 0.1) is 0 Å². The molecule has 0 saturated heterocycles. The topological polar surface area (TPSA) is 0 Å². The van der Waals surface area contributed by atoms with Crippen molar-refractivity contribution >= 4 is 49.6 Å². The van der Waals surface area contributed by atoms with E-state index in [1.807, 2.05) is 0 Å². The van der Waals surface area contributed by atoms with E-state index in [0.29, 0.717) is 0 Å². The molecule has 0 radical (unpaired) electrons. The fourth-order valence-corrected chi connectivity index (χ4v) is 0. The summed E-state index contributed by atoms with van der Waals surface area (Å²) < 4.78 is 0. The highest BCUT2D eigenvalue weighted by molar-refractivity contribution is 7.81. The van der Waals surface area contributed by atoms with Crippen molar-refractivity contribution in [1.29, 1.82) is 0 Å². The summed E-state index contributed by atoms with van der Waals surface area (Å²) in [5.41, 5.74) is 0. The largest absolute Gasteiger partial charge is 0.440 e. The SMILES string of the molecule is Cl[Si](Cl)(Cl)Cl.F. The summed E-state index contributed by atoms with van der Waals surface area (Å²) in [7, 11) is 0. The molecule has 6 heavy (non-hydrogen) atoms. The van der Waals surface area contributed by atoms with Gasteiger partial charge >= 0.3 is 5.31 Å². The first-order chi connectivity index (χ1) is 2.00. The van der Waals surface area contributed by atoms with E-state index in [0.717, 1.165) is 0 Å². The summed E-state index contributed by atoms with van der Waals surface area (Å²) >= 11 is 19.9. The Kier molecular flexibility index (Phi) is 5.72. The van der Waals surface area contributed by atoms with Crippen molar-refractivity contribution in [2.24, 2.45) is 0 Å². The molecule has 0 aromatic rings. The molecule has 6 heteroatoms. The monoisotopic (exact) mass is 188 g/mol. The van der Waals surface area contributed by atoms with Crippen LogP contribution in [0.15, 0.2) is 0 Å². The summed E-state index contributed by atoms with van der Waals surface area (Å²) in [6.07, 6.45) is 0. The Bertz CT molecular complexity index is 23.0. The van der Waals surface area contributed by atoms with Gasteiger partial charge in [-0.25, -0.2) is 0 Å². The van der Waals surface area contributed by atoms with Crippen LogP contribution in [0.2, 0.25) is 0 Å². The normalized spacial score (nSPS) is 10.0. The summed E-state index contributed by atoms with van der Waals surface area (Å²) in [5.74, 6) is 0. The van der Waals surface area contributed by atoms with Gasteiger partial charge in [0.1, 0.15) is 0 Å². The third-order valence-corrected chi connectivity index (χ3v) is 0. The van der Waals surface area contributed by atoms with Gasteiger partial charge in [-0.2, -0.15) is 0 Å². The molecule has 0 spiro atoms. The molecule has 0 aromatic carbocycles. The molecule has 40 valence electrons. The van der Waals surface area contributed by atoms with Gasteiger partial charge in [0.25, 0.3) is 0 Å². The highest BCUT2D eigenvalue weighted by Gasteiger charge is 2.19. The molecule has 0 atom stereocenters. The predicted octanol–water partition coefficient (Wildman–Crippen LogP) is 2.53. The maximum Gasteiger partial charge on any atom is 0.440 e. The Hall–Kier alpha value is 1.31. The Labute approximate surface area is 54.5 Å². The van der Waals surface area contributed by atoms with E-state index in [2.05, 4.69) is 0 Å². The molecule has 0 rings (SSSR count). The van der Waals surface area contributed by atoms with Gasteiger partial charge in [0, 0.05) is 0 Å². The molecule has 0 N–H and O–H groups in total. The Balaban J connectivity index is 0. The molecule has 0 unspecified atom stereocenters. The van der Waals surface area contributed by atoms with Crippen molar-refractivity contribution in [1.82, 2.24) is 0 Å². The summed E-state index contributed by atoms with van der Waals surface area (Å²) in [4.78, 5) is 0. The molecule has 0 saturated carbocycles. The Morgan fingerprint density at radius 3 is 0.833 bits per heavy atom. The zero-order valence-electron chi connectivity index (χ0n) is 2.42. The third-order valence-electron chi connectivity index (χ3n) is 0. The minimum atomic E-state index is -2.72. The van der Waals surface area contributed by atoms with E-state index in [1.165, 1.54) is 0 Å². The van der Waals surface area contributed by atoms with E-state index < -0.39 is 5.31 Å². The molecule has 0 fully saturated rings. The van der Waals surface area contributed by atoms with Gasteiger partial charge in [-0.05, 0) is 0 Å². The van der Waals surface area contributed by atoms with Crippen LogP contribution in [0.1, 0.15) is 0 Å². The molecule has 0 aliphatic rings. The molecular weight excluding hydrogens is 189 g/mol. The summed E-state index contributed by atoms with van der Waals surface area (Å²) in [6.45, 7) is 0. The molecule has 0 heterocycles. The first kappa shape index (κ1) is 10.3. The maximum absolute atomic E-state index is 4.97. The van der Waals surface area contributed by atoms with Crippen molar-refractivity contribution in [3.8, 4) is 0 Å². The van der Waals surface area contributed by atoms with E-state index >= 15 is 0 Å². The highest BCUT2D eigenvalue weighted by atomic mass is 36.0. The lowest BCUT2D eigenvalue weighted by Crippen LogP contribution is -1.91. The molecule has 0 aromatic heterocycles. The second kappa shape index (κ2) is 3.33. The lowest BCUT2D eigenvalue weighted by Gasteiger charge is -1.85. The average molecular weight is 190 g/mol. The lowest BCUT2D eigenvalue weighted by molar-refractivity contribution is 1.11. The second-order valence-electron chi connectivity index (χ2n) is 0.429. The van der Waals surface area contributed by atoms with Gasteiger partial charge in [0.2, 0.25) is 0 Å². The van der Waals surface area contributed by atoms with Crippen LogP contribution in [0.25, 0.3) is 0 Å². The summed E-state index contributed by atoms with van der Waals surface area (Å²) in [6, 6.07) is 0. The van der Waals surface area contributed by atoms with Gasteiger partial charge in [0.05, 0.1) is 0 Å². The van der Waals surface area contributed by atoms with E-state index in [4.69, 9.17) is 44.3 Å². The van der Waals surface area contributed by atoms with Crippen LogP contribution in [-0.4, -0.2) is 5.31 Å². The zero-order chi connectivity index (χ0) is 4.50. The fourth-order valence-electron chi connectivity index (χ4n) is 0. The van der Waals surface area contributed by atoms with Crippen LogP contribution < -0.4 is 0 Å².